The highest BCUT2D eigenvalue weighted by molar-refractivity contribution is 7.92. The van der Waals surface area contributed by atoms with Crippen molar-refractivity contribution in [2.24, 2.45) is 0 Å². The van der Waals surface area contributed by atoms with E-state index in [9.17, 15) is 12.8 Å². The van der Waals surface area contributed by atoms with E-state index in [1.807, 2.05) is 0 Å². The summed E-state index contributed by atoms with van der Waals surface area (Å²) in [6.07, 6.45) is 0. The normalized spacial score (nSPS) is 40.7. The van der Waals surface area contributed by atoms with E-state index >= 15 is 0 Å². The van der Waals surface area contributed by atoms with Crippen molar-refractivity contribution in [3.05, 3.63) is 0 Å². The molecule has 0 aromatic heterocycles. The smallest absolute Gasteiger partial charge is 0.229 e. The van der Waals surface area contributed by atoms with E-state index in [1.165, 1.54) is 0 Å². The largest absolute Gasteiger partial charge is 0.230 e. The molecule has 0 spiro atoms. The maximum Gasteiger partial charge on any atom is 0.230 e. The second kappa shape index (κ2) is 2.37. The van der Waals surface area contributed by atoms with Gasteiger partial charge in [0.2, 0.25) is 5.13 Å². The summed E-state index contributed by atoms with van der Waals surface area (Å²) in [5.74, 6) is -1.46. The third-order valence-corrected chi connectivity index (χ3v) is 5.04. The Bertz CT molecular complexity index is 249. The molecule has 1 unspecified atom stereocenters. The Kier molecular flexibility index (Phi) is 2.12. The summed E-state index contributed by atoms with van der Waals surface area (Å²) in [5.41, 5.74) is 0. The van der Waals surface area contributed by atoms with Crippen LogP contribution in [0.4, 0.5) is 4.39 Å². The van der Waals surface area contributed by atoms with E-state index in [2.05, 4.69) is 0 Å². The number of hydrogen-bond acceptors (Lipinski definition) is 2. The molecule has 66 valence electrons. The zero-order chi connectivity index (χ0) is 8.91. The van der Waals surface area contributed by atoms with Crippen molar-refractivity contribution < 1.29 is 12.8 Å². The van der Waals surface area contributed by atoms with Crippen molar-refractivity contribution >= 4 is 44.6 Å². The zero-order valence-electron chi connectivity index (χ0n) is 5.15. The summed E-state index contributed by atoms with van der Waals surface area (Å²) < 4.78 is 32.5. The Balaban J connectivity index is 3.08. The lowest BCUT2D eigenvalue weighted by molar-refractivity contribution is 0.300. The van der Waals surface area contributed by atoms with Gasteiger partial charge in [-0.1, -0.05) is 34.8 Å². The SMILES string of the molecule is O=S1(=O)CC(F)(Cl)C(Cl)(Cl)C1. The van der Waals surface area contributed by atoms with E-state index in [4.69, 9.17) is 34.8 Å². The Labute approximate surface area is 78.5 Å². The van der Waals surface area contributed by atoms with Gasteiger partial charge in [0.05, 0.1) is 5.75 Å². The summed E-state index contributed by atoms with van der Waals surface area (Å²) in [7, 11) is -3.53. The molecule has 1 saturated heterocycles. The molecular formula is C4H4Cl3FO2S. The van der Waals surface area contributed by atoms with Gasteiger partial charge in [0.25, 0.3) is 0 Å². The number of rotatable bonds is 0. The van der Waals surface area contributed by atoms with Crippen LogP contribution >= 0.6 is 34.8 Å². The minimum Gasteiger partial charge on any atom is -0.229 e. The standard InChI is InChI=1S/C4H4Cl3FO2S/c5-3(6)1-11(9,10)2-4(3,7)8/h1-2H2. The number of alkyl halides is 4. The van der Waals surface area contributed by atoms with E-state index in [0.29, 0.717) is 0 Å². The quantitative estimate of drug-likeness (QED) is 0.602. The van der Waals surface area contributed by atoms with E-state index < -0.39 is 30.8 Å². The molecule has 1 heterocycles. The molecule has 11 heavy (non-hydrogen) atoms. The van der Waals surface area contributed by atoms with E-state index in [1.54, 1.807) is 0 Å². The average molecular weight is 241 g/mol. The van der Waals surface area contributed by atoms with Crippen molar-refractivity contribution in [2.75, 3.05) is 11.5 Å². The summed E-state index contributed by atoms with van der Waals surface area (Å²) in [6.45, 7) is 0. The fourth-order valence-electron chi connectivity index (χ4n) is 0.815. The van der Waals surface area contributed by atoms with Crippen LogP contribution in [0, 0.1) is 0 Å². The van der Waals surface area contributed by atoms with Crippen LogP contribution < -0.4 is 0 Å². The number of sulfone groups is 1. The van der Waals surface area contributed by atoms with Crippen molar-refractivity contribution in [2.45, 2.75) is 9.46 Å². The van der Waals surface area contributed by atoms with Crippen LogP contribution in [0.1, 0.15) is 0 Å². The minimum atomic E-state index is -3.53. The van der Waals surface area contributed by atoms with Gasteiger partial charge in [-0.15, -0.1) is 0 Å². The Hall–Kier alpha value is 0.750. The predicted molar refractivity (Wildman–Crippen MR) is 42.8 cm³/mol. The average Bonchev–Trinajstić information content (AvgIpc) is 1.66. The third kappa shape index (κ3) is 1.74. The maximum absolute atomic E-state index is 13.0. The molecule has 1 aliphatic heterocycles. The Morgan fingerprint density at radius 3 is 1.73 bits per heavy atom. The van der Waals surface area contributed by atoms with Crippen LogP contribution in [-0.2, 0) is 9.84 Å². The molecule has 1 aliphatic rings. The van der Waals surface area contributed by atoms with Gasteiger partial charge in [-0.05, 0) is 0 Å². The molecular weight excluding hydrogens is 237 g/mol. The minimum absolute atomic E-state index is 0.636. The number of halogens is 4. The zero-order valence-corrected chi connectivity index (χ0v) is 8.24. The molecule has 1 atom stereocenters. The molecule has 1 fully saturated rings. The fourth-order valence-corrected chi connectivity index (χ4v) is 4.43. The molecule has 0 radical (unpaired) electrons. The highest BCUT2D eigenvalue weighted by atomic mass is 35.5. The number of hydrogen-bond donors (Lipinski definition) is 0. The van der Waals surface area contributed by atoms with Gasteiger partial charge < -0.3 is 0 Å². The first-order valence-corrected chi connectivity index (χ1v) is 5.58. The summed E-state index contributed by atoms with van der Waals surface area (Å²) in [6, 6.07) is 0. The van der Waals surface area contributed by atoms with Gasteiger partial charge in [0, 0.05) is 0 Å². The van der Waals surface area contributed by atoms with Crippen LogP contribution in [0.5, 0.6) is 0 Å². The second-order valence-corrected chi connectivity index (χ2v) is 6.59. The molecule has 0 N–H and O–H groups in total. The summed E-state index contributed by atoms with van der Waals surface area (Å²) in [4.78, 5) is 0. The molecule has 7 heteroatoms. The topological polar surface area (TPSA) is 34.1 Å². The molecule has 0 aliphatic carbocycles. The predicted octanol–water partition coefficient (Wildman–Crippen LogP) is 1.49. The molecule has 0 saturated carbocycles. The van der Waals surface area contributed by atoms with Crippen LogP contribution in [0.25, 0.3) is 0 Å². The lowest BCUT2D eigenvalue weighted by Gasteiger charge is -2.20. The van der Waals surface area contributed by atoms with E-state index in [0.717, 1.165) is 0 Å². The van der Waals surface area contributed by atoms with Gasteiger partial charge in [-0.3, -0.25) is 0 Å². The van der Waals surface area contributed by atoms with Crippen LogP contribution in [0.3, 0.4) is 0 Å². The molecule has 0 aromatic carbocycles. The first kappa shape index (κ1) is 9.84. The lowest BCUT2D eigenvalue weighted by atomic mass is 10.3. The van der Waals surface area contributed by atoms with Crippen molar-refractivity contribution in [3.63, 3.8) is 0 Å². The van der Waals surface area contributed by atoms with Gasteiger partial charge in [0.1, 0.15) is 5.75 Å². The van der Waals surface area contributed by atoms with Crippen molar-refractivity contribution in [3.8, 4) is 0 Å². The van der Waals surface area contributed by atoms with E-state index in [-0.39, 0.29) is 0 Å². The van der Waals surface area contributed by atoms with Crippen molar-refractivity contribution in [1.29, 1.82) is 0 Å². The second-order valence-electron chi connectivity index (χ2n) is 2.44. The first-order chi connectivity index (χ1) is 4.66. The summed E-state index contributed by atoms with van der Waals surface area (Å²) in [5, 5.41) is -2.56. The molecule has 1 rings (SSSR count). The van der Waals surface area contributed by atoms with Crippen LogP contribution in [0.15, 0.2) is 0 Å². The highest BCUT2D eigenvalue weighted by Crippen LogP contribution is 2.47. The monoisotopic (exact) mass is 240 g/mol. The van der Waals surface area contributed by atoms with Gasteiger partial charge >= 0.3 is 0 Å². The highest BCUT2D eigenvalue weighted by Gasteiger charge is 2.60. The van der Waals surface area contributed by atoms with Crippen LogP contribution in [0.2, 0.25) is 0 Å². The van der Waals surface area contributed by atoms with Gasteiger partial charge in [0.15, 0.2) is 14.2 Å². The Morgan fingerprint density at radius 1 is 1.18 bits per heavy atom. The molecule has 0 bridgehead atoms. The lowest BCUT2D eigenvalue weighted by Crippen LogP contribution is -2.35. The third-order valence-electron chi connectivity index (χ3n) is 1.34. The fraction of sp³-hybridized carbons (Fsp3) is 1.00. The van der Waals surface area contributed by atoms with Gasteiger partial charge in [-0.25, -0.2) is 12.8 Å². The Morgan fingerprint density at radius 2 is 1.64 bits per heavy atom. The maximum atomic E-state index is 13.0. The summed E-state index contributed by atoms with van der Waals surface area (Å²) >= 11 is 15.8. The van der Waals surface area contributed by atoms with Gasteiger partial charge in [-0.2, -0.15) is 0 Å². The molecule has 0 amide bonds. The first-order valence-electron chi connectivity index (χ1n) is 2.62. The molecule has 0 aromatic rings. The molecule has 2 nitrogen and oxygen atoms in total. The van der Waals surface area contributed by atoms with Crippen molar-refractivity contribution in [1.82, 2.24) is 0 Å². The van der Waals surface area contributed by atoms with Crippen LogP contribution in [-0.4, -0.2) is 29.4 Å².